The van der Waals surface area contributed by atoms with Gasteiger partial charge in [0.05, 0.1) is 0 Å². The van der Waals surface area contributed by atoms with Crippen LogP contribution in [0.15, 0.2) is 24.3 Å². The maximum Gasteiger partial charge on any atom is 0.0463 e. The summed E-state index contributed by atoms with van der Waals surface area (Å²) in [6.45, 7) is 2.26. The van der Waals surface area contributed by atoms with Gasteiger partial charge in [-0.15, -0.1) is 0 Å². The van der Waals surface area contributed by atoms with Gasteiger partial charge >= 0.3 is 0 Å². The van der Waals surface area contributed by atoms with Gasteiger partial charge < -0.3 is 5.32 Å². The van der Waals surface area contributed by atoms with Crippen LogP contribution >= 0.6 is 11.6 Å². The Hall–Kier alpha value is -0.570. The average Bonchev–Trinajstić information content (AvgIpc) is 2.97. The molecule has 0 atom stereocenters. The molecule has 1 aromatic carbocycles. The van der Waals surface area contributed by atoms with Crippen LogP contribution in [0.4, 0.5) is 0 Å². The molecule has 2 nitrogen and oxygen atoms in total. The summed E-state index contributed by atoms with van der Waals surface area (Å²) in [7, 11) is 2.26. The van der Waals surface area contributed by atoms with Crippen molar-refractivity contribution >= 4 is 11.6 Å². The Morgan fingerprint density at radius 2 is 1.88 bits per heavy atom. The Kier molecular flexibility index (Phi) is 2.46. The first-order chi connectivity index (χ1) is 7.72. The molecule has 16 heavy (non-hydrogen) atoms. The van der Waals surface area contributed by atoms with Gasteiger partial charge in [0, 0.05) is 29.7 Å². The Morgan fingerprint density at radius 3 is 2.31 bits per heavy atom. The molecular weight excluding hydrogens is 220 g/mol. The van der Waals surface area contributed by atoms with Gasteiger partial charge in [0.2, 0.25) is 0 Å². The topological polar surface area (TPSA) is 15.3 Å². The number of halogens is 1. The van der Waals surface area contributed by atoms with Crippen molar-refractivity contribution in [2.45, 2.75) is 24.4 Å². The van der Waals surface area contributed by atoms with Crippen LogP contribution in [0.2, 0.25) is 5.02 Å². The summed E-state index contributed by atoms with van der Waals surface area (Å²) in [6.07, 6.45) is 2.56. The van der Waals surface area contributed by atoms with Crippen LogP contribution < -0.4 is 5.32 Å². The van der Waals surface area contributed by atoms with E-state index >= 15 is 0 Å². The second-order valence-electron chi connectivity index (χ2n) is 4.96. The lowest BCUT2D eigenvalue weighted by atomic mass is 9.99. The van der Waals surface area contributed by atoms with Crippen molar-refractivity contribution in [3.05, 3.63) is 34.9 Å². The molecule has 1 saturated heterocycles. The van der Waals surface area contributed by atoms with Crippen molar-refractivity contribution < 1.29 is 0 Å². The summed E-state index contributed by atoms with van der Waals surface area (Å²) in [6, 6.07) is 9.07. The third kappa shape index (κ3) is 1.56. The van der Waals surface area contributed by atoms with E-state index in [4.69, 9.17) is 11.6 Å². The molecule has 0 spiro atoms. The molecule has 0 amide bonds. The Labute approximate surface area is 102 Å². The van der Waals surface area contributed by atoms with E-state index < -0.39 is 0 Å². The minimum atomic E-state index is 0.303. The van der Waals surface area contributed by atoms with Gasteiger partial charge in [0.25, 0.3) is 0 Å². The van der Waals surface area contributed by atoms with Crippen molar-refractivity contribution in [3.8, 4) is 0 Å². The van der Waals surface area contributed by atoms with Crippen LogP contribution in [-0.2, 0) is 5.54 Å². The number of hydrogen-bond donors (Lipinski definition) is 1. The van der Waals surface area contributed by atoms with Crippen LogP contribution in [0, 0.1) is 0 Å². The van der Waals surface area contributed by atoms with E-state index in [2.05, 4.69) is 29.4 Å². The molecule has 1 aliphatic heterocycles. The highest BCUT2D eigenvalue weighted by atomic mass is 35.5. The first kappa shape index (κ1) is 10.6. The third-order valence-electron chi connectivity index (χ3n) is 4.09. The number of rotatable bonds is 3. The zero-order valence-corrected chi connectivity index (χ0v) is 10.3. The fourth-order valence-corrected chi connectivity index (χ4v) is 2.75. The standard InChI is InChI=1S/C13H17ClN2/c1-16(12-8-15-9-12)13(6-7-13)10-2-4-11(14)5-3-10/h2-5,12,15H,6-9H2,1H3. The van der Waals surface area contributed by atoms with E-state index in [0.29, 0.717) is 11.6 Å². The molecule has 1 N–H and O–H groups in total. The van der Waals surface area contributed by atoms with Gasteiger partial charge in [-0.05, 0) is 37.6 Å². The van der Waals surface area contributed by atoms with Gasteiger partial charge in [-0.1, -0.05) is 23.7 Å². The molecule has 3 heteroatoms. The molecule has 86 valence electrons. The second kappa shape index (κ2) is 3.73. The van der Waals surface area contributed by atoms with Crippen molar-refractivity contribution in [1.29, 1.82) is 0 Å². The van der Waals surface area contributed by atoms with E-state index in [1.54, 1.807) is 0 Å². The fourth-order valence-electron chi connectivity index (χ4n) is 2.62. The molecule has 1 aromatic rings. The third-order valence-corrected chi connectivity index (χ3v) is 4.34. The Bertz CT molecular complexity index is 379. The van der Waals surface area contributed by atoms with Crippen LogP contribution in [0.5, 0.6) is 0 Å². The Balaban J connectivity index is 1.84. The summed E-state index contributed by atoms with van der Waals surface area (Å²) in [5, 5.41) is 4.17. The molecule has 0 radical (unpaired) electrons. The highest BCUT2D eigenvalue weighted by molar-refractivity contribution is 6.30. The molecule has 1 heterocycles. The van der Waals surface area contributed by atoms with Crippen LogP contribution in [0.1, 0.15) is 18.4 Å². The normalized spacial score (nSPS) is 23.2. The molecule has 0 aromatic heterocycles. The monoisotopic (exact) mass is 236 g/mol. The fraction of sp³-hybridized carbons (Fsp3) is 0.538. The van der Waals surface area contributed by atoms with Gasteiger partial charge in [-0.25, -0.2) is 0 Å². The average molecular weight is 237 g/mol. The zero-order valence-electron chi connectivity index (χ0n) is 9.54. The minimum absolute atomic E-state index is 0.303. The number of nitrogens with one attached hydrogen (secondary N) is 1. The summed E-state index contributed by atoms with van der Waals surface area (Å²) in [5.41, 5.74) is 1.73. The van der Waals surface area contributed by atoms with Crippen molar-refractivity contribution in [1.82, 2.24) is 10.2 Å². The number of hydrogen-bond acceptors (Lipinski definition) is 2. The summed E-state index contributed by atoms with van der Waals surface area (Å²) < 4.78 is 0. The predicted octanol–water partition coefficient (Wildman–Crippen LogP) is 2.23. The minimum Gasteiger partial charge on any atom is -0.314 e. The van der Waals surface area contributed by atoms with Gasteiger partial charge in [-0.3, -0.25) is 4.90 Å². The molecule has 3 rings (SSSR count). The SMILES string of the molecule is CN(C1CNC1)C1(c2ccc(Cl)cc2)CC1. The molecule has 2 fully saturated rings. The molecular formula is C13H17ClN2. The van der Waals surface area contributed by atoms with Gasteiger partial charge in [0.1, 0.15) is 0 Å². The summed E-state index contributed by atoms with van der Waals surface area (Å²) in [5.74, 6) is 0. The van der Waals surface area contributed by atoms with Gasteiger partial charge in [0.15, 0.2) is 0 Å². The van der Waals surface area contributed by atoms with Crippen LogP contribution in [0.3, 0.4) is 0 Å². The van der Waals surface area contributed by atoms with Crippen LogP contribution in [-0.4, -0.2) is 31.1 Å². The highest BCUT2D eigenvalue weighted by Crippen LogP contribution is 2.51. The van der Waals surface area contributed by atoms with Crippen molar-refractivity contribution in [2.75, 3.05) is 20.1 Å². The quantitative estimate of drug-likeness (QED) is 0.866. The van der Waals surface area contributed by atoms with E-state index in [1.807, 2.05) is 12.1 Å². The molecule has 0 bridgehead atoms. The maximum absolute atomic E-state index is 5.94. The molecule has 0 unspecified atom stereocenters. The number of nitrogens with zero attached hydrogens (tertiary/aromatic N) is 1. The lowest BCUT2D eigenvalue weighted by molar-refractivity contribution is 0.111. The predicted molar refractivity (Wildman–Crippen MR) is 66.8 cm³/mol. The van der Waals surface area contributed by atoms with E-state index in [-0.39, 0.29) is 0 Å². The van der Waals surface area contributed by atoms with Crippen LogP contribution in [0.25, 0.3) is 0 Å². The van der Waals surface area contributed by atoms with E-state index in [1.165, 1.54) is 18.4 Å². The van der Waals surface area contributed by atoms with E-state index in [0.717, 1.165) is 18.1 Å². The van der Waals surface area contributed by atoms with E-state index in [9.17, 15) is 0 Å². The van der Waals surface area contributed by atoms with Crippen molar-refractivity contribution in [3.63, 3.8) is 0 Å². The summed E-state index contributed by atoms with van der Waals surface area (Å²) in [4.78, 5) is 2.55. The number of benzene rings is 1. The van der Waals surface area contributed by atoms with Crippen molar-refractivity contribution in [2.24, 2.45) is 0 Å². The smallest absolute Gasteiger partial charge is 0.0463 e. The largest absolute Gasteiger partial charge is 0.314 e. The van der Waals surface area contributed by atoms with Gasteiger partial charge in [-0.2, -0.15) is 0 Å². The maximum atomic E-state index is 5.94. The Morgan fingerprint density at radius 1 is 1.25 bits per heavy atom. The first-order valence-corrected chi connectivity index (χ1v) is 6.30. The summed E-state index contributed by atoms with van der Waals surface area (Å²) >= 11 is 5.94. The molecule has 1 saturated carbocycles. The molecule has 2 aliphatic rings. The number of likely N-dealkylation sites (N-methyl/N-ethyl adjacent to an activating group) is 1. The highest BCUT2D eigenvalue weighted by Gasteiger charge is 2.50. The zero-order chi connectivity index (χ0) is 11.2. The molecule has 1 aliphatic carbocycles. The first-order valence-electron chi connectivity index (χ1n) is 5.92. The lowest BCUT2D eigenvalue weighted by Crippen LogP contribution is -2.58. The lowest BCUT2D eigenvalue weighted by Gasteiger charge is -2.41. The second-order valence-corrected chi connectivity index (χ2v) is 5.40.